The van der Waals surface area contributed by atoms with E-state index in [1.807, 2.05) is 6.07 Å². The van der Waals surface area contributed by atoms with Crippen LogP contribution in [0.1, 0.15) is 31.2 Å². The number of hydrazine groups is 1. The van der Waals surface area contributed by atoms with Crippen LogP contribution in [0.3, 0.4) is 0 Å². The Labute approximate surface area is 118 Å². The summed E-state index contributed by atoms with van der Waals surface area (Å²) >= 11 is 5.67. The molecule has 1 fully saturated rings. The molecule has 0 aromatic heterocycles. The molecule has 0 saturated carbocycles. The average Bonchev–Trinajstić information content (AvgIpc) is 2.43. The van der Waals surface area contributed by atoms with Crippen molar-refractivity contribution in [3.63, 3.8) is 0 Å². The van der Waals surface area contributed by atoms with Gasteiger partial charge in [-0.25, -0.2) is 4.39 Å². The van der Waals surface area contributed by atoms with Crippen LogP contribution in [0.15, 0.2) is 18.2 Å². The molecule has 0 spiro atoms. The van der Waals surface area contributed by atoms with E-state index < -0.39 is 0 Å². The van der Waals surface area contributed by atoms with Gasteiger partial charge in [-0.2, -0.15) is 0 Å². The minimum atomic E-state index is -0.385. The molecule has 0 radical (unpaired) electrons. The molecule has 2 unspecified atom stereocenters. The zero-order chi connectivity index (χ0) is 13.7. The number of nitrogens with two attached hydrogens (primary N) is 1. The van der Waals surface area contributed by atoms with E-state index in [4.69, 9.17) is 22.2 Å². The van der Waals surface area contributed by atoms with Crippen molar-refractivity contribution in [2.24, 2.45) is 5.84 Å². The van der Waals surface area contributed by atoms with Crippen molar-refractivity contribution < 1.29 is 9.13 Å². The van der Waals surface area contributed by atoms with Crippen LogP contribution in [0.25, 0.3) is 0 Å². The van der Waals surface area contributed by atoms with Gasteiger partial charge in [0.2, 0.25) is 0 Å². The molecule has 3 nitrogen and oxygen atoms in total. The Balaban J connectivity index is 1.92. The van der Waals surface area contributed by atoms with E-state index in [2.05, 4.69) is 5.43 Å². The van der Waals surface area contributed by atoms with E-state index in [-0.39, 0.29) is 23.0 Å². The van der Waals surface area contributed by atoms with Crippen molar-refractivity contribution >= 4 is 11.6 Å². The number of rotatable bonds is 5. The van der Waals surface area contributed by atoms with E-state index in [0.717, 1.165) is 31.4 Å². The first-order valence-electron chi connectivity index (χ1n) is 6.70. The van der Waals surface area contributed by atoms with Gasteiger partial charge in [0.1, 0.15) is 5.82 Å². The third-order valence-corrected chi connectivity index (χ3v) is 3.83. The summed E-state index contributed by atoms with van der Waals surface area (Å²) in [6.07, 6.45) is 5.20. The van der Waals surface area contributed by atoms with Crippen LogP contribution in [-0.2, 0) is 11.2 Å². The summed E-state index contributed by atoms with van der Waals surface area (Å²) in [7, 11) is 0. The summed E-state index contributed by atoms with van der Waals surface area (Å²) in [4.78, 5) is 0. The fourth-order valence-corrected chi connectivity index (χ4v) is 2.59. The average molecular weight is 287 g/mol. The largest absolute Gasteiger partial charge is 0.378 e. The molecule has 2 rings (SSSR count). The van der Waals surface area contributed by atoms with Gasteiger partial charge in [-0.15, -0.1) is 0 Å². The quantitative estimate of drug-likeness (QED) is 0.646. The van der Waals surface area contributed by atoms with Crippen molar-refractivity contribution in [3.8, 4) is 0 Å². The monoisotopic (exact) mass is 286 g/mol. The second-order valence-corrected chi connectivity index (χ2v) is 5.45. The highest BCUT2D eigenvalue weighted by Crippen LogP contribution is 2.20. The molecule has 1 aromatic carbocycles. The molecule has 0 aliphatic carbocycles. The maximum absolute atomic E-state index is 13.4. The highest BCUT2D eigenvalue weighted by Gasteiger charge is 2.19. The lowest BCUT2D eigenvalue weighted by Gasteiger charge is -2.26. The minimum Gasteiger partial charge on any atom is -0.378 e. The van der Waals surface area contributed by atoms with Gasteiger partial charge in [0.15, 0.2) is 0 Å². The Morgan fingerprint density at radius 1 is 1.47 bits per heavy atom. The minimum absolute atomic E-state index is 0.0867. The van der Waals surface area contributed by atoms with E-state index in [9.17, 15) is 4.39 Å². The third-order valence-electron chi connectivity index (χ3n) is 3.52. The number of benzene rings is 1. The normalized spacial score (nSPS) is 21.3. The second-order valence-electron chi connectivity index (χ2n) is 5.04. The molecule has 1 saturated heterocycles. The lowest BCUT2D eigenvalue weighted by atomic mass is 9.97. The van der Waals surface area contributed by atoms with Crippen LogP contribution in [0.4, 0.5) is 4.39 Å². The molecular weight excluding hydrogens is 267 g/mol. The van der Waals surface area contributed by atoms with Gasteiger partial charge in [-0.3, -0.25) is 11.3 Å². The summed E-state index contributed by atoms with van der Waals surface area (Å²) in [6, 6.07) is 4.96. The smallest absolute Gasteiger partial charge is 0.142 e. The molecule has 0 bridgehead atoms. The van der Waals surface area contributed by atoms with Gasteiger partial charge >= 0.3 is 0 Å². The fraction of sp³-hybridized carbons (Fsp3) is 0.571. The van der Waals surface area contributed by atoms with Gasteiger partial charge in [-0.1, -0.05) is 17.7 Å². The lowest BCUT2D eigenvalue weighted by molar-refractivity contribution is 0.00524. The number of hydrogen-bond donors (Lipinski definition) is 2. The van der Waals surface area contributed by atoms with Crippen LogP contribution >= 0.6 is 11.6 Å². The first-order valence-corrected chi connectivity index (χ1v) is 7.08. The maximum Gasteiger partial charge on any atom is 0.142 e. The standard InChI is InChI=1S/C14H20ClFN2O/c15-13-5-4-10(8-14(13)16)7-11(18-17)9-12-3-1-2-6-19-12/h4-5,8,11-12,18H,1-3,6-7,9,17H2. The molecule has 0 amide bonds. The molecule has 106 valence electrons. The predicted octanol–water partition coefficient (Wildman–Crippen LogP) is 2.81. The SMILES string of the molecule is NNC(Cc1ccc(Cl)c(F)c1)CC1CCCCO1. The Morgan fingerprint density at radius 3 is 2.95 bits per heavy atom. The number of hydrogen-bond acceptors (Lipinski definition) is 3. The zero-order valence-electron chi connectivity index (χ0n) is 10.9. The molecular formula is C14H20ClFN2O. The number of nitrogens with one attached hydrogen (secondary N) is 1. The predicted molar refractivity (Wildman–Crippen MR) is 74.4 cm³/mol. The molecule has 5 heteroatoms. The Bertz CT molecular complexity index is 410. The third kappa shape index (κ3) is 4.42. The molecule has 19 heavy (non-hydrogen) atoms. The van der Waals surface area contributed by atoms with Gasteiger partial charge in [0, 0.05) is 12.6 Å². The van der Waals surface area contributed by atoms with Crippen molar-refractivity contribution in [2.75, 3.05) is 6.61 Å². The van der Waals surface area contributed by atoms with Gasteiger partial charge in [-0.05, 0) is 49.8 Å². The summed E-state index contributed by atoms with van der Waals surface area (Å²) in [5.74, 6) is 5.20. The van der Waals surface area contributed by atoms with E-state index in [1.165, 1.54) is 12.5 Å². The zero-order valence-corrected chi connectivity index (χ0v) is 11.6. The second kappa shape index (κ2) is 7.20. The van der Waals surface area contributed by atoms with Gasteiger partial charge in [0.25, 0.3) is 0 Å². The molecule has 1 aliphatic rings. The highest BCUT2D eigenvalue weighted by molar-refractivity contribution is 6.30. The number of ether oxygens (including phenoxy) is 1. The van der Waals surface area contributed by atoms with E-state index >= 15 is 0 Å². The van der Waals surface area contributed by atoms with Crippen LogP contribution < -0.4 is 11.3 Å². The first-order chi connectivity index (χ1) is 9.19. The molecule has 1 heterocycles. The Kier molecular flexibility index (Phi) is 5.58. The van der Waals surface area contributed by atoms with Crippen molar-refractivity contribution in [1.29, 1.82) is 0 Å². The maximum atomic E-state index is 13.4. The summed E-state index contributed by atoms with van der Waals surface area (Å²) in [5, 5.41) is 0.150. The van der Waals surface area contributed by atoms with Crippen LogP contribution in [0.2, 0.25) is 5.02 Å². The van der Waals surface area contributed by atoms with E-state index in [1.54, 1.807) is 6.07 Å². The van der Waals surface area contributed by atoms with Gasteiger partial charge < -0.3 is 4.74 Å². The molecule has 2 atom stereocenters. The topological polar surface area (TPSA) is 47.3 Å². The summed E-state index contributed by atoms with van der Waals surface area (Å²) in [6.45, 7) is 0.831. The highest BCUT2D eigenvalue weighted by atomic mass is 35.5. The van der Waals surface area contributed by atoms with Crippen LogP contribution in [0.5, 0.6) is 0 Å². The lowest BCUT2D eigenvalue weighted by Crippen LogP contribution is -2.40. The summed E-state index contributed by atoms with van der Waals surface area (Å²) < 4.78 is 19.1. The Morgan fingerprint density at radius 2 is 2.32 bits per heavy atom. The first kappa shape index (κ1) is 14.7. The molecule has 1 aromatic rings. The number of halogens is 2. The molecule has 1 aliphatic heterocycles. The van der Waals surface area contributed by atoms with Crippen molar-refractivity contribution in [1.82, 2.24) is 5.43 Å². The fourth-order valence-electron chi connectivity index (χ4n) is 2.47. The Hall–Kier alpha value is -0.680. The van der Waals surface area contributed by atoms with Crippen molar-refractivity contribution in [2.45, 2.75) is 44.2 Å². The van der Waals surface area contributed by atoms with Crippen LogP contribution in [0, 0.1) is 5.82 Å². The summed E-state index contributed by atoms with van der Waals surface area (Å²) in [5.41, 5.74) is 3.69. The van der Waals surface area contributed by atoms with Crippen molar-refractivity contribution in [3.05, 3.63) is 34.6 Å². The van der Waals surface area contributed by atoms with E-state index in [0.29, 0.717) is 6.42 Å². The van der Waals surface area contributed by atoms with Gasteiger partial charge in [0.05, 0.1) is 11.1 Å². The molecule has 3 N–H and O–H groups in total. The van der Waals surface area contributed by atoms with Crippen LogP contribution in [-0.4, -0.2) is 18.8 Å².